The van der Waals surface area contributed by atoms with E-state index in [0.717, 1.165) is 18.5 Å². The molecular weight excluding hydrogens is 220 g/mol. The largest absolute Gasteiger partial charge is 0.314 e. The third-order valence-corrected chi connectivity index (χ3v) is 3.87. The summed E-state index contributed by atoms with van der Waals surface area (Å²) >= 11 is 0. The maximum Gasteiger partial charge on any atom is 0.00787 e. The topological polar surface area (TPSA) is 15.3 Å². The van der Waals surface area contributed by atoms with Crippen LogP contribution < -0.4 is 5.32 Å². The van der Waals surface area contributed by atoms with Crippen molar-refractivity contribution in [2.75, 3.05) is 27.2 Å². The van der Waals surface area contributed by atoms with Crippen molar-refractivity contribution in [3.8, 4) is 0 Å². The highest BCUT2D eigenvalue weighted by Gasteiger charge is 2.29. The molecule has 0 atom stereocenters. The average Bonchev–Trinajstić information content (AvgIpc) is 2.25. The Balaban J connectivity index is 1.65. The molecule has 1 saturated carbocycles. The van der Waals surface area contributed by atoms with Gasteiger partial charge in [0.1, 0.15) is 0 Å². The molecule has 1 aromatic rings. The molecular formula is C16H26N2. The van der Waals surface area contributed by atoms with Crippen molar-refractivity contribution in [3.63, 3.8) is 0 Å². The second kappa shape index (κ2) is 6.35. The number of nitrogens with zero attached hydrogens (tertiary/aromatic N) is 1. The standard InChI is InChI=1S/C16H26N2/c1-13-6-4-7-14(10-13)15-11-16(12-15)17-8-5-9-18(2)3/h4,6-7,10,15-17H,5,8-9,11-12H2,1-3H3. The molecule has 1 aromatic carbocycles. The molecule has 0 bridgehead atoms. The van der Waals surface area contributed by atoms with Gasteiger partial charge in [0.25, 0.3) is 0 Å². The minimum absolute atomic E-state index is 0.748. The van der Waals surface area contributed by atoms with Crippen LogP contribution >= 0.6 is 0 Å². The van der Waals surface area contributed by atoms with Crippen molar-refractivity contribution in [2.45, 2.75) is 38.1 Å². The van der Waals surface area contributed by atoms with Gasteiger partial charge in [-0.15, -0.1) is 0 Å². The molecule has 2 heteroatoms. The summed E-state index contributed by atoms with van der Waals surface area (Å²) in [6, 6.07) is 9.73. The molecule has 1 aliphatic carbocycles. The van der Waals surface area contributed by atoms with Gasteiger partial charge in [-0.25, -0.2) is 0 Å². The van der Waals surface area contributed by atoms with E-state index in [2.05, 4.69) is 55.5 Å². The van der Waals surface area contributed by atoms with Gasteiger partial charge in [0.05, 0.1) is 0 Å². The smallest absolute Gasteiger partial charge is 0.00787 e. The van der Waals surface area contributed by atoms with E-state index in [1.807, 2.05) is 0 Å². The van der Waals surface area contributed by atoms with E-state index in [4.69, 9.17) is 0 Å². The second-order valence-electron chi connectivity index (χ2n) is 5.89. The second-order valence-corrected chi connectivity index (χ2v) is 5.89. The third-order valence-electron chi connectivity index (χ3n) is 3.87. The third kappa shape index (κ3) is 3.82. The summed E-state index contributed by atoms with van der Waals surface area (Å²) in [6.07, 6.45) is 3.87. The van der Waals surface area contributed by atoms with E-state index in [9.17, 15) is 0 Å². The van der Waals surface area contributed by atoms with Crippen LogP contribution in [0.2, 0.25) is 0 Å². The average molecular weight is 246 g/mol. The summed E-state index contributed by atoms with van der Waals surface area (Å²) < 4.78 is 0. The fraction of sp³-hybridized carbons (Fsp3) is 0.625. The molecule has 0 spiro atoms. The molecule has 2 nitrogen and oxygen atoms in total. The lowest BCUT2D eigenvalue weighted by Crippen LogP contribution is -2.41. The number of rotatable bonds is 6. The van der Waals surface area contributed by atoms with Gasteiger partial charge in [-0.2, -0.15) is 0 Å². The fourth-order valence-corrected chi connectivity index (χ4v) is 2.68. The Morgan fingerprint density at radius 1 is 1.28 bits per heavy atom. The van der Waals surface area contributed by atoms with Crippen molar-refractivity contribution in [3.05, 3.63) is 35.4 Å². The van der Waals surface area contributed by atoms with Crippen molar-refractivity contribution < 1.29 is 0 Å². The van der Waals surface area contributed by atoms with E-state index in [-0.39, 0.29) is 0 Å². The molecule has 18 heavy (non-hydrogen) atoms. The van der Waals surface area contributed by atoms with Gasteiger partial charge in [-0.05, 0) is 64.9 Å². The van der Waals surface area contributed by atoms with Crippen molar-refractivity contribution in [1.82, 2.24) is 10.2 Å². The molecule has 0 heterocycles. The molecule has 1 fully saturated rings. The first-order chi connectivity index (χ1) is 8.65. The lowest BCUT2D eigenvalue weighted by molar-refractivity contribution is 0.284. The van der Waals surface area contributed by atoms with E-state index in [0.29, 0.717) is 0 Å². The van der Waals surface area contributed by atoms with Crippen molar-refractivity contribution >= 4 is 0 Å². The van der Waals surface area contributed by atoms with Gasteiger partial charge >= 0.3 is 0 Å². The van der Waals surface area contributed by atoms with Crippen LogP contribution in [-0.2, 0) is 0 Å². The lowest BCUT2D eigenvalue weighted by atomic mass is 9.75. The maximum atomic E-state index is 3.66. The Bertz CT molecular complexity index is 367. The Hall–Kier alpha value is -0.860. The zero-order valence-corrected chi connectivity index (χ0v) is 11.9. The molecule has 100 valence electrons. The molecule has 1 aliphatic rings. The number of nitrogens with one attached hydrogen (secondary N) is 1. The number of benzene rings is 1. The molecule has 1 N–H and O–H groups in total. The van der Waals surface area contributed by atoms with E-state index in [1.165, 1.54) is 36.9 Å². The monoisotopic (exact) mass is 246 g/mol. The maximum absolute atomic E-state index is 3.66. The van der Waals surface area contributed by atoms with Crippen LogP contribution in [0.1, 0.15) is 36.3 Å². The van der Waals surface area contributed by atoms with Gasteiger partial charge in [0.2, 0.25) is 0 Å². The number of aryl methyl sites for hydroxylation is 1. The van der Waals surface area contributed by atoms with Crippen LogP contribution in [0.25, 0.3) is 0 Å². The first kappa shape index (κ1) is 13.6. The Labute approximate surface area is 111 Å². The van der Waals surface area contributed by atoms with Gasteiger partial charge in [-0.3, -0.25) is 0 Å². The van der Waals surface area contributed by atoms with Crippen molar-refractivity contribution in [2.24, 2.45) is 0 Å². The molecule has 0 radical (unpaired) electrons. The molecule has 0 saturated heterocycles. The molecule has 0 unspecified atom stereocenters. The summed E-state index contributed by atoms with van der Waals surface area (Å²) in [7, 11) is 4.27. The summed E-state index contributed by atoms with van der Waals surface area (Å²) in [6.45, 7) is 4.52. The summed E-state index contributed by atoms with van der Waals surface area (Å²) in [5.41, 5.74) is 2.91. The number of hydrogen-bond acceptors (Lipinski definition) is 2. The Kier molecular flexibility index (Phi) is 4.79. The molecule has 2 rings (SSSR count). The van der Waals surface area contributed by atoms with Crippen LogP contribution in [0.15, 0.2) is 24.3 Å². The van der Waals surface area contributed by atoms with Gasteiger partial charge in [0, 0.05) is 6.04 Å². The highest BCUT2D eigenvalue weighted by molar-refractivity contribution is 5.27. The highest BCUT2D eigenvalue weighted by atomic mass is 15.1. The van der Waals surface area contributed by atoms with Gasteiger partial charge in [-0.1, -0.05) is 29.8 Å². The van der Waals surface area contributed by atoms with E-state index in [1.54, 1.807) is 0 Å². The Morgan fingerprint density at radius 3 is 2.72 bits per heavy atom. The summed E-state index contributed by atoms with van der Waals surface area (Å²) in [5, 5.41) is 3.66. The van der Waals surface area contributed by atoms with Gasteiger partial charge < -0.3 is 10.2 Å². The van der Waals surface area contributed by atoms with Crippen LogP contribution in [0, 0.1) is 6.92 Å². The van der Waals surface area contributed by atoms with Crippen molar-refractivity contribution in [1.29, 1.82) is 0 Å². The zero-order valence-electron chi connectivity index (χ0n) is 11.9. The van der Waals surface area contributed by atoms with Crippen LogP contribution in [0.4, 0.5) is 0 Å². The van der Waals surface area contributed by atoms with Crippen LogP contribution in [0.3, 0.4) is 0 Å². The number of hydrogen-bond donors (Lipinski definition) is 1. The Morgan fingerprint density at radius 2 is 2.06 bits per heavy atom. The van der Waals surface area contributed by atoms with Gasteiger partial charge in [0.15, 0.2) is 0 Å². The first-order valence-electron chi connectivity index (χ1n) is 7.10. The minimum Gasteiger partial charge on any atom is -0.314 e. The highest BCUT2D eigenvalue weighted by Crippen LogP contribution is 2.36. The minimum atomic E-state index is 0.748. The van der Waals surface area contributed by atoms with E-state index >= 15 is 0 Å². The normalized spacial score (nSPS) is 23.1. The lowest BCUT2D eigenvalue weighted by Gasteiger charge is -2.36. The zero-order chi connectivity index (χ0) is 13.0. The quantitative estimate of drug-likeness (QED) is 0.777. The van der Waals surface area contributed by atoms with Crippen LogP contribution in [0.5, 0.6) is 0 Å². The summed E-state index contributed by atoms with van der Waals surface area (Å²) in [5.74, 6) is 0.788. The first-order valence-corrected chi connectivity index (χ1v) is 7.10. The summed E-state index contributed by atoms with van der Waals surface area (Å²) in [4.78, 5) is 2.25. The predicted molar refractivity (Wildman–Crippen MR) is 78.1 cm³/mol. The van der Waals surface area contributed by atoms with Crippen LogP contribution in [-0.4, -0.2) is 38.1 Å². The molecule has 0 amide bonds. The SMILES string of the molecule is Cc1cccc(C2CC(NCCCN(C)C)C2)c1. The fourth-order valence-electron chi connectivity index (χ4n) is 2.68. The molecule has 0 aliphatic heterocycles. The molecule has 0 aromatic heterocycles. The predicted octanol–water partition coefficient (Wildman–Crippen LogP) is 2.78. The van der Waals surface area contributed by atoms with E-state index < -0.39 is 0 Å².